The summed E-state index contributed by atoms with van der Waals surface area (Å²) >= 11 is 0. The summed E-state index contributed by atoms with van der Waals surface area (Å²) < 4.78 is 0. The molecule has 0 aliphatic heterocycles. The van der Waals surface area contributed by atoms with Crippen LogP contribution < -0.4 is 5.32 Å². The maximum atomic E-state index is 10.9. The molecule has 21 heavy (non-hydrogen) atoms. The van der Waals surface area contributed by atoms with Gasteiger partial charge in [-0.1, -0.05) is 6.07 Å². The van der Waals surface area contributed by atoms with Crippen molar-refractivity contribution < 1.29 is 9.90 Å². The number of carboxylic acid groups (broad SMARTS) is 1. The molecule has 4 nitrogen and oxygen atoms in total. The normalized spacial score (nSPS) is 21.7. The van der Waals surface area contributed by atoms with E-state index >= 15 is 0 Å². The minimum atomic E-state index is -0.644. The third-order valence-corrected chi connectivity index (χ3v) is 4.42. The third kappa shape index (κ3) is 4.30. The fourth-order valence-electron chi connectivity index (χ4n) is 2.99. The second-order valence-electron chi connectivity index (χ2n) is 5.94. The van der Waals surface area contributed by atoms with Crippen LogP contribution in [0, 0.1) is 30.1 Å². The Bertz CT molecular complexity index is 540. The van der Waals surface area contributed by atoms with Gasteiger partial charge < -0.3 is 10.4 Å². The average Bonchev–Trinajstić information content (AvgIpc) is 2.49. The molecule has 1 aliphatic rings. The van der Waals surface area contributed by atoms with Crippen molar-refractivity contribution in [2.24, 2.45) is 11.8 Å². The first-order valence-corrected chi connectivity index (χ1v) is 7.53. The second-order valence-corrected chi connectivity index (χ2v) is 5.94. The van der Waals surface area contributed by atoms with E-state index in [1.54, 1.807) is 0 Å². The molecule has 1 saturated carbocycles. The molecule has 1 aliphatic carbocycles. The molecule has 0 aromatic heterocycles. The highest BCUT2D eigenvalue weighted by molar-refractivity contribution is 5.69. The van der Waals surface area contributed by atoms with Gasteiger partial charge in [-0.05, 0) is 68.3 Å². The monoisotopic (exact) mass is 286 g/mol. The summed E-state index contributed by atoms with van der Waals surface area (Å²) in [5, 5.41) is 21.3. The van der Waals surface area contributed by atoms with E-state index in [0.29, 0.717) is 11.5 Å². The minimum absolute atomic E-state index is 0.137. The van der Waals surface area contributed by atoms with Crippen LogP contribution in [-0.4, -0.2) is 17.6 Å². The summed E-state index contributed by atoms with van der Waals surface area (Å²) in [6.45, 7) is 3.76. The lowest BCUT2D eigenvalue weighted by atomic mass is 9.82. The first-order valence-electron chi connectivity index (χ1n) is 7.53. The van der Waals surface area contributed by atoms with Gasteiger partial charge in [-0.25, -0.2) is 0 Å². The number of nitrogens with zero attached hydrogens (tertiary/aromatic N) is 1. The summed E-state index contributed by atoms with van der Waals surface area (Å²) in [6, 6.07) is 7.91. The Balaban J connectivity index is 1.75. The number of nitrogens with one attached hydrogen (secondary N) is 1. The zero-order valence-electron chi connectivity index (χ0n) is 12.4. The number of hydrogen-bond acceptors (Lipinski definition) is 3. The lowest BCUT2D eigenvalue weighted by Gasteiger charge is -2.26. The number of rotatable bonds is 5. The predicted molar refractivity (Wildman–Crippen MR) is 80.7 cm³/mol. The van der Waals surface area contributed by atoms with Crippen LogP contribution in [0.2, 0.25) is 0 Å². The third-order valence-electron chi connectivity index (χ3n) is 4.42. The van der Waals surface area contributed by atoms with Crippen LogP contribution in [0.4, 0.5) is 0 Å². The molecule has 0 radical (unpaired) electrons. The van der Waals surface area contributed by atoms with Crippen LogP contribution in [0.15, 0.2) is 18.2 Å². The maximum Gasteiger partial charge on any atom is 0.306 e. The Morgan fingerprint density at radius 1 is 1.38 bits per heavy atom. The second kappa shape index (κ2) is 7.24. The zero-order valence-corrected chi connectivity index (χ0v) is 12.4. The Labute approximate surface area is 125 Å². The van der Waals surface area contributed by atoms with Crippen molar-refractivity contribution in [3.05, 3.63) is 34.9 Å². The van der Waals surface area contributed by atoms with Gasteiger partial charge in [0.25, 0.3) is 0 Å². The molecule has 0 spiro atoms. The maximum absolute atomic E-state index is 10.9. The fourth-order valence-corrected chi connectivity index (χ4v) is 2.99. The van der Waals surface area contributed by atoms with Crippen molar-refractivity contribution >= 4 is 5.97 Å². The number of hydrogen-bond donors (Lipinski definition) is 2. The van der Waals surface area contributed by atoms with E-state index < -0.39 is 5.97 Å². The molecule has 112 valence electrons. The van der Waals surface area contributed by atoms with Crippen molar-refractivity contribution in [1.82, 2.24) is 5.32 Å². The minimum Gasteiger partial charge on any atom is -0.481 e. The fraction of sp³-hybridized carbons (Fsp3) is 0.529. The van der Waals surface area contributed by atoms with Crippen LogP contribution in [0.3, 0.4) is 0 Å². The van der Waals surface area contributed by atoms with Crippen LogP contribution in [0.5, 0.6) is 0 Å². The topological polar surface area (TPSA) is 73.1 Å². The summed E-state index contributed by atoms with van der Waals surface area (Å²) in [6.07, 6.45) is 3.60. The molecular weight excluding hydrogens is 264 g/mol. The summed E-state index contributed by atoms with van der Waals surface area (Å²) in [5.41, 5.74) is 3.05. The first-order chi connectivity index (χ1) is 10.1. The Kier molecular flexibility index (Phi) is 5.35. The molecule has 0 amide bonds. The molecule has 0 bridgehead atoms. The Hall–Kier alpha value is -1.86. The van der Waals surface area contributed by atoms with E-state index in [2.05, 4.69) is 11.4 Å². The van der Waals surface area contributed by atoms with Crippen LogP contribution in [0.1, 0.15) is 42.4 Å². The van der Waals surface area contributed by atoms with Gasteiger partial charge in [-0.3, -0.25) is 4.79 Å². The molecule has 2 rings (SSSR count). The van der Waals surface area contributed by atoms with E-state index in [9.17, 15) is 4.79 Å². The molecular formula is C17H22N2O2. The summed E-state index contributed by atoms with van der Waals surface area (Å²) in [4.78, 5) is 10.9. The number of nitriles is 1. The number of carboxylic acids is 1. The van der Waals surface area contributed by atoms with Crippen molar-refractivity contribution in [3.63, 3.8) is 0 Å². The predicted octanol–water partition coefficient (Wildman–Crippen LogP) is 2.85. The van der Waals surface area contributed by atoms with Gasteiger partial charge in [0.2, 0.25) is 0 Å². The van der Waals surface area contributed by atoms with Crippen molar-refractivity contribution in [3.8, 4) is 6.07 Å². The van der Waals surface area contributed by atoms with Gasteiger partial charge in [0.15, 0.2) is 0 Å². The van der Waals surface area contributed by atoms with Crippen molar-refractivity contribution in [2.75, 3.05) is 6.54 Å². The highest BCUT2D eigenvalue weighted by Crippen LogP contribution is 2.28. The van der Waals surface area contributed by atoms with Crippen molar-refractivity contribution in [2.45, 2.75) is 39.2 Å². The van der Waals surface area contributed by atoms with Gasteiger partial charge in [0.05, 0.1) is 17.6 Å². The lowest BCUT2D eigenvalue weighted by molar-refractivity contribution is -0.143. The largest absolute Gasteiger partial charge is 0.481 e. The van der Waals surface area contributed by atoms with Crippen LogP contribution >= 0.6 is 0 Å². The molecule has 0 unspecified atom stereocenters. The highest BCUT2D eigenvalue weighted by Gasteiger charge is 2.25. The van der Waals surface area contributed by atoms with Gasteiger partial charge in [0, 0.05) is 6.54 Å². The first kappa shape index (κ1) is 15.5. The van der Waals surface area contributed by atoms with E-state index in [0.717, 1.165) is 44.3 Å². The van der Waals surface area contributed by atoms with Crippen LogP contribution in [-0.2, 0) is 11.3 Å². The SMILES string of the molecule is Cc1cc(C#N)ccc1CNCC1CCC(C(=O)O)CC1. The number of aliphatic carboxylic acids is 1. The van der Waals surface area contributed by atoms with Crippen molar-refractivity contribution in [1.29, 1.82) is 5.26 Å². The molecule has 0 atom stereocenters. The molecule has 2 N–H and O–H groups in total. The number of benzene rings is 1. The average molecular weight is 286 g/mol. The van der Waals surface area contributed by atoms with Gasteiger partial charge >= 0.3 is 5.97 Å². The molecule has 0 heterocycles. The lowest BCUT2D eigenvalue weighted by Crippen LogP contribution is -2.28. The Morgan fingerprint density at radius 3 is 2.67 bits per heavy atom. The molecule has 4 heteroatoms. The molecule has 1 fully saturated rings. The summed E-state index contributed by atoms with van der Waals surface area (Å²) in [5.74, 6) is -0.198. The molecule has 1 aromatic carbocycles. The standard InChI is InChI=1S/C17H22N2O2/c1-12-8-14(9-18)4-7-16(12)11-19-10-13-2-5-15(6-3-13)17(20)21/h4,7-8,13,15,19H,2-3,5-6,10-11H2,1H3,(H,20,21). The van der Waals surface area contributed by atoms with E-state index in [4.69, 9.17) is 10.4 Å². The van der Waals surface area contributed by atoms with E-state index in [-0.39, 0.29) is 5.92 Å². The molecule has 1 aromatic rings. The molecule has 0 saturated heterocycles. The highest BCUT2D eigenvalue weighted by atomic mass is 16.4. The number of aryl methyl sites for hydroxylation is 1. The Morgan fingerprint density at radius 2 is 2.10 bits per heavy atom. The van der Waals surface area contributed by atoms with Gasteiger partial charge in [-0.15, -0.1) is 0 Å². The van der Waals surface area contributed by atoms with E-state index in [1.807, 2.05) is 25.1 Å². The zero-order chi connectivity index (χ0) is 15.2. The van der Waals surface area contributed by atoms with E-state index in [1.165, 1.54) is 5.56 Å². The quantitative estimate of drug-likeness (QED) is 0.873. The van der Waals surface area contributed by atoms with Gasteiger partial charge in [0.1, 0.15) is 0 Å². The number of carbonyl (C=O) groups is 1. The van der Waals surface area contributed by atoms with Gasteiger partial charge in [-0.2, -0.15) is 5.26 Å². The summed E-state index contributed by atoms with van der Waals surface area (Å²) in [7, 11) is 0. The smallest absolute Gasteiger partial charge is 0.306 e. The van der Waals surface area contributed by atoms with Crippen LogP contribution in [0.25, 0.3) is 0 Å².